The second-order valence-corrected chi connectivity index (χ2v) is 3.97. The third-order valence-electron chi connectivity index (χ3n) is 2.85. The van der Waals surface area contributed by atoms with Crippen LogP contribution < -0.4 is 0 Å². The normalized spacial score (nSPS) is 10.8. The summed E-state index contributed by atoms with van der Waals surface area (Å²) >= 11 is 0. The quantitative estimate of drug-likeness (QED) is 0.646. The Kier molecular flexibility index (Phi) is 2.52. The van der Waals surface area contributed by atoms with Gasteiger partial charge in [-0.3, -0.25) is 0 Å². The zero-order valence-corrected chi connectivity index (χ0v) is 9.47. The van der Waals surface area contributed by atoms with Crippen LogP contribution in [0.3, 0.4) is 0 Å². The fourth-order valence-electron chi connectivity index (χ4n) is 1.94. The van der Waals surface area contributed by atoms with Gasteiger partial charge in [-0.25, -0.2) is 14.4 Å². The lowest BCUT2D eigenvalue weighted by Crippen LogP contribution is -1.89. The van der Waals surface area contributed by atoms with Crippen LogP contribution in [0.1, 0.15) is 5.69 Å². The Bertz CT molecular complexity index is 723. The highest BCUT2D eigenvalue weighted by atomic mass is 19.1. The molecule has 0 aliphatic carbocycles. The first kappa shape index (κ1) is 10.8. The summed E-state index contributed by atoms with van der Waals surface area (Å²) < 4.78 is 13.7. The lowest BCUT2D eigenvalue weighted by Gasteiger charge is -2.06. The van der Waals surface area contributed by atoms with Crippen molar-refractivity contribution in [3.63, 3.8) is 0 Å². The molecule has 2 nitrogen and oxygen atoms in total. The standard InChI is InChI=1S/C15H9FN2/c1-10-13-8-11(6-7-15(13)18-9-17-10)12-4-2-3-5-14(12)16/h1-9H. The highest BCUT2D eigenvalue weighted by Crippen LogP contribution is 2.26. The molecule has 86 valence electrons. The molecule has 18 heavy (non-hydrogen) atoms. The Morgan fingerprint density at radius 3 is 2.67 bits per heavy atom. The third-order valence-corrected chi connectivity index (χ3v) is 2.85. The van der Waals surface area contributed by atoms with Crippen molar-refractivity contribution in [2.24, 2.45) is 0 Å². The van der Waals surface area contributed by atoms with E-state index < -0.39 is 0 Å². The zero-order valence-electron chi connectivity index (χ0n) is 9.47. The maximum atomic E-state index is 13.7. The van der Waals surface area contributed by atoms with Crippen molar-refractivity contribution in [3.8, 4) is 11.1 Å². The number of halogens is 1. The predicted octanol–water partition coefficient (Wildman–Crippen LogP) is 3.50. The van der Waals surface area contributed by atoms with Gasteiger partial charge < -0.3 is 0 Å². The summed E-state index contributed by atoms with van der Waals surface area (Å²) in [6, 6.07) is 12.1. The van der Waals surface area contributed by atoms with E-state index in [-0.39, 0.29) is 5.82 Å². The molecular formula is C15H9FN2. The summed E-state index contributed by atoms with van der Waals surface area (Å²) in [6.45, 7) is 5.80. The van der Waals surface area contributed by atoms with Crippen LogP contribution in [0.5, 0.6) is 0 Å². The van der Waals surface area contributed by atoms with Gasteiger partial charge in [-0.15, -0.1) is 0 Å². The number of nitrogens with zero attached hydrogens (tertiary/aromatic N) is 2. The summed E-state index contributed by atoms with van der Waals surface area (Å²) in [5.74, 6) is -0.257. The van der Waals surface area contributed by atoms with E-state index in [0.717, 1.165) is 16.5 Å². The van der Waals surface area contributed by atoms with Gasteiger partial charge in [-0.2, -0.15) is 0 Å². The molecule has 0 atom stereocenters. The summed E-state index contributed by atoms with van der Waals surface area (Å²) in [4.78, 5) is 8.05. The van der Waals surface area contributed by atoms with Gasteiger partial charge in [0.25, 0.3) is 0 Å². The first-order valence-electron chi connectivity index (χ1n) is 5.51. The average molecular weight is 236 g/mol. The van der Waals surface area contributed by atoms with Gasteiger partial charge in [-0.1, -0.05) is 24.3 Å². The van der Waals surface area contributed by atoms with E-state index in [4.69, 9.17) is 6.92 Å². The Labute approximate surface area is 104 Å². The number of rotatable bonds is 1. The van der Waals surface area contributed by atoms with Gasteiger partial charge in [0.15, 0.2) is 0 Å². The van der Waals surface area contributed by atoms with E-state index in [1.165, 1.54) is 12.4 Å². The number of benzene rings is 2. The molecule has 0 saturated heterocycles. The van der Waals surface area contributed by atoms with Crippen LogP contribution in [0, 0.1) is 12.7 Å². The summed E-state index contributed by atoms with van der Waals surface area (Å²) in [5, 5.41) is 0.734. The smallest absolute Gasteiger partial charge is 0.131 e. The Morgan fingerprint density at radius 2 is 1.83 bits per heavy atom. The number of fused-ring (bicyclic) bond motifs is 1. The Morgan fingerprint density at radius 1 is 1.00 bits per heavy atom. The molecule has 0 aliphatic rings. The Balaban J connectivity index is 2.26. The first-order chi connectivity index (χ1) is 8.75. The van der Waals surface area contributed by atoms with Crippen molar-refractivity contribution in [2.45, 2.75) is 0 Å². The van der Waals surface area contributed by atoms with Crippen molar-refractivity contribution >= 4 is 10.9 Å². The van der Waals surface area contributed by atoms with E-state index in [9.17, 15) is 4.39 Å². The molecule has 1 aromatic heterocycles. The van der Waals surface area contributed by atoms with Crippen molar-refractivity contribution in [2.75, 3.05) is 0 Å². The second-order valence-electron chi connectivity index (χ2n) is 3.97. The first-order valence-corrected chi connectivity index (χ1v) is 5.51. The molecule has 3 aromatic rings. The second kappa shape index (κ2) is 4.18. The lowest BCUT2D eigenvalue weighted by molar-refractivity contribution is 0.631. The Hall–Kier alpha value is -2.29. The van der Waals surface area contributed by atoms with E-state index in [1.807, 2.05) is 18.2 Å². The summed E-state index contributed by atoms with van der Waals surface area (Å²) in [6.07, 6.45) is 1.42. The zero-order chi connectivity index (χ0) is 12.5. The van der Waals surface area contributed by atoms with Crippen LogP contribution in [0.2, 0.25) is 0 Å². The van der Waals surface area contributed by atoms with Crippen molar-refractivity contribution < 1.29 is 4.39 Å². The van der Waals surface area contributed by atoms with Crippen molar-refractivity contribution in [3.05, 3.63) is 67.2 Å². The van der Waals surface area contributed by atoms with Crippen LogP contribution in [-0.4, -0.2) is 9.97 Å². The molecule has 0 amide bonds. The molecule has 0 saturated carbocycles. The maximum absolute atomic E-state index is 13.7. The monoisotopic (exact) mass is 236 g/mol. The lowest BCUT2D eigenvalue weighted by atomic mass is 10.0. The fraction of sp³-hybridized carbons (Fsp3) is 0. The fourth-order valence-corrected chi connectivity index (χ4v) is 1.94. The van der Waals surface area contributed by atoms with E-state index in [1.54, 1.807) is 18.2 Å². The van der Waals surface area contributed by atoms with Crippen molar-refractivity contribution in [1.82, 2.24) is 9.97 Å². The van der Waals surface area contributed by atoms with Crippen LogP contribution in [-0.2, 0) is 0 Å². The summed E-state index contributed by atoms with van der Waals surface area (Å²) in [5.41, 5.74) is 2.46. The molecule has 3 heteroatoms. The predicted molar refractivity (Wildman–Crippen MR) is 68.3 cm³/mol. The minimum atomic E-state index is -0.257. The molecule has 0 fully saturated rings. The number of hydrogen-bond donors (Lipinski definition) is 0. The average Bonchev–Trinajstić information content (AvgIpc) is 2.40. The van der Waals surface area contributed by atoms with Crippen LogP contribution in [0.4, 0.5) is 4.39 Å². The molecule has 3 rings (SSSR count). The molecule has 0 spiro atoms. The molecular weight excluding hydrogens is 227 g/mol. The molecule has 0 bridgehead atoms. The molecule has 2 aromatic carbocycles. The molecule has 0 N–H and O–H groups in total. The van der Waals surface area contributed by atoms with Crippen molar-refractivity contribution in [1.29, 1.82) is 0 Å². The van der Waals surface area contributed by atoms with Gasteiger partial charge in [0, 0.05) is 17.9 Å². The van der Waals surface area contributed by atoms with Gasteiger partial charge >= 0.3 is 0 Å². The van der Waals surface area contributed by atoms with Gasteiger partial charge in [0.2, 0.25) is 0 Å². The molecule has 1 heterocycles. The maximum Gasteiger partial charge on any atom is 0.131 e. The highest BCUT2D eigenvalue weighted by Gasteiger charge is 2.06. The van der Waals surface area contributed by atoms with Gasteiger partial charge in [0.05, 0.1) is 11.2 Å². The van der Waals surface area contributed by atoms with Crippen LogP contribution in [0.25, 0.3) is 22.0 Å². The molecule has 2 radical (unpaired) electrons. The van der Waals surface area contributed by atoms with Gasteiger partial charge in [0.1, 0.15) is 12.1 Å². The van der Waals surface area contributed by atoms with Gasteiger partial charge in [-0.05, 0) is 23.8 Å². The third kappa shape index (κ3) is 1.74. The van der Waals surface area contributed by atoms with Crippen LogP contribution >= 0.6 is 0 Å². The largest absolute Gasteiger partial charge is 0.240 e. The van der Waals surface area contributed by atoms with Crippen LogP contribution in [0.15, 0.2) is 48.8 Å². The molecule has 0 aliphatic heterocycles. The van der Waals surface area contributed by atoms with E-state index >= 15 is 0 Å². The molecule has 0 unspecified atom stereocenters. The SMILES string of the molecule is [CH]c1ncnc2ccc(-c3ccccc3F)cc12. The highest BCUT2D eigenvalue weighted by molar-refractivity contribution is 5.86. The number of aromatic nitrogens is 2. The van der Waals surface area contributed by atoms with E-state index in [0.29, 0.717) is 11.3 Å². The van der Waals surface area contributed by atoms with E-state index in [2.05, 4.69) is 9.97 Å². The summed E-state index contributed by atoms with van der Waals surface area (Å²) in [7, 11) is 0. The topological polar surface area (TPSA) is 25.8 Å². The minimum Gasteiger partial charge on any atom is -0.240 e. The minimum absolute atomic E-state index is 0.257. The number of hydrogen-bond acceptors (Lipinski definition) is 2.